The molecule has 3 aromatic carbocycles. The quantitative estimate of drug-likeness (QED) is 0.154. The van der Waals surface area contributed by atoms with Crippen LogP contribution in [0.5, 0.6) is 17.2 Å². The molecule has 40 heavy (non-hydrogen) atoms. The smallest absolute Gasteiger partial charge is 0.433 e. The first-order valence-electron chi connectivity index (χ1n) is 14.3. The van der Waals surface area contributed by atoms with E-state index < -0.39 is 30.1 Å². The van der Waals surface area contributed by atoms with Crippen molar-refractivity contribution < 1.29 is 31.8 Å². The Morgan fingerprint density at radius 1 is 0.725 bits per heavy atom. The fourth-order valence-electron chi connectivity index (χ4n) is 5.38. The van der Waals surface area contributed by atoms with Crippen molar-refractivity contribution >= 4 is 0 Å². The third-order valence-corrected chi connectivity index (χ3v) is 7.61. The van der Waals surface area contributed by atoms with Crippen LogP contribution in [0.1, 0.15) is 76.7 Å². The highest BCUT2D eigenvalue weighted by Crippen LogP contribution is 2.38. The topological polar surface area (TPSA) is 27.7 Å². The normalized spacial score (nSPS) is 17.4. The van der Waals surface area contributed by atoms with Crippen LogP contribution >= 0.6 is 0 Å². The zero-order valence-corrected chi connectivity index (χ0v) is 23.2. The van der Waals surface area contributed by atoms with Gasteiger partial charge < -0.3 is 14.2 Å². The molecule has 3 aromatic rings. The van der Waals surface area contributed by atoms with Gasteiger partial charge in [0.1, 0.15) is 5.75 Å². The number of unbranched alkanes of at least 4 members (excludes halogenated alkanes) is 2. The van der Waals surface area contributed by atoms with E-state index in [0.717, 1.165) is 29.2 Å². The highest BCUT2D eigenvalue weighted by atomic mass is 19.3. The van der Waals surface area contributed by atoms with Gasteiger partial charge in [0.25, 0.3) is 0 Å². The molecule has 0 N–H and O–H groups in total. The van der Waals surface area contributed by atoms with Crippen molar-refractivity contribution in [3.8, 4) is 28.4 Å². The summed E-state index contributed by atoms with van der Waals surface area (Å²) in [5.74, 6) is -2.52. The van der Waals surface area contributed by atoms with Crippen molar-refractivity contribution in [3.05, 3.63) is 77.9 Å². The Hall–Kier alpha value is -3.22. The monoisotopic (exact) mass is 558 g/mol. The van der Waals surface area contributed by atoms with Crippen LogP contribution in [0, 0.1) is 17.6 Å². The fourth-order valence-corrected chi connectivity index (χ4v) is 5.38. The number of halogens is 4. The van der Waals surface area contributed by atoms with Crippen molar-refractivity contribution in [2.24, 2.45) is 5.92 Å². The van der Waals surface area contributed by atoms with Gasteiger partial charge in [0.05, 0.1) is 6.61 Å². The van der Waals surface area contributed by atoms with Gasteiger partial charge >= 0.3 is 6.11 Å². The molecule has 7 heteroatoms. The summed E-state index contributed by atoms with van der Waals surface area (Å²) in [5.41, 5.74) is 3.35. The molecule has 1 aliphatic rings. The summed E-state index contributed by atoms with van der Waals surface area (Å²) < 4.78 is 71.3. The van der Waals surface area contributed by atoms with Crippen molar-refractivity contribution in [1.29, 1.82) is 0 Å². The zero-order valence-electron chi connectivity index (χ0n) is 23.2. The largest absolute Gasteiger partial charge is 0.491 e. The minimum atomic E-state index is -3.89. The second kappa shape index (κ2) is 13.9. The molecular formula is C33H38F4O3. The average molecular weight is 559 g/mol. The third-order valence-electron chi connectivity index (χ3n) is 7.61. The SMILES string of the molecule is CCCCCC1CCC(c2ccc(-c3ccc(OCC(F)(F)Oc4ccc(OCC)c(F)c4F)cc3)cc2)CC1. The molecule has 1 fully saturated rings. The summed E-state index contributed by atoms with van der Waals surface area (Å²) in [6.45, 7) is 2.78. The van der Waals surface area contributed by atoms with Crippen molar-refractivity contribution in [2.75, 3.05) is 13.2 Å². The van der Waals surface area contributed by atoms with Gasteiger partial charge in [-0.2, -0.15) is 17.6 Å². The van der Waals surface area contributed by atoms with Crippen LogP contribution in [0.2, 0.25) is 0 Å². The molecule has 0 unspecified atom stereocenters. The summed E-state index contributed by atoms with van der Waals surface area (Å²) in [6.07, 6.45) is 6.57. The molecule has 1 saturated carbocycles. The van der Waals surface area contributed by atoms with Gasteiger partial charge in [0.15, 0.2) is 18.1 Å². The number of benzene rings is 3. The highest BCUT2D eigenvalue weighted by molar-refractivity contribution is 5.64. The summed E-state index contributed by atoms with van der Waals surface area (Å²) in [4.78, 5) is 0. The Kier molecular flexibility index (Phi) is 10.3. The lowest BCUT2D eigenvalue weighted by Gasteiger charge is -2.29. The first-order chi connectivity index (χ1) is 19.3. The van der Waals surface area contributed by atoms with Gasteiger partial charge in [-0.05, 0) is 85.4 Å². The Bertz CT molecular complexity index is 1200. The third kappa shape index (κ3) is 7.92. The second-order valence-corrected chi connectivity index (χ2v) is 10.5. The van der Waals surface area contributed by atoms with Gasteiger partial charge in [-0.25, -0.2) is 0 Å². The Morgan fingerprint density at radius 2 is 1.32 bits per heavy atom. The first-order valence-corrected chi connectivity index (χ1v) is 14.3. The molecule has 216 valence electrons. The molecule has 0 heterocycles. The summed E-state index contributed by atoms with van der Waals surface area (Å²) in [7, 11) is 0. The summed E-state index contributed by atoms with van der Waals surface area (Å²) >= 11 is 0. The predicted octanol–water partition coefficient (Wildman–Crippen LogP) is 9.94. The van der Waals surface area contributed by atoms with Gasteiger partial charge in [-0.3, -0.25) is 0 Å². The first kappa shape index (κ1) is 29.8. The van der Waals surface area contributed by atoms with Crippen LogP contribution in [0.25, 0.3) is 11.1 Å². The average Bonchev–Trinajstić information content (AvgIpc) is 2.97. The maximum atomic E-state index is 14.3. The molecule has 0 aromatic heterocycles. The molecule has 3 nitrogen and oxygen atoms in total. The van der Waals surface area contributed by atoms with E-state index in [1.807, 2.05) is 0 Å². The van der Waals surface area contributed by atoms with Crippen LogP contribution in [0.4, 0.5) is 17.6 Å². The molecule has 0 atom stereocenters. The molecule has 1 aliphatic carbocycles. The molecule has 0 amide bonds. The molecule has 0 bridgehead atoms. The maximum Gasteiger partial charge on any atom is 0.433 e. The Morgan fingerprint density at radius 3 is 1.95 bits per heavy atom. The summed E-state index contributed by atoms with van der Waals surface area (Å²) in [6, 6.07) is 17.3. The van der Waals surface area contributed by atoms with E-state index >= 15 is 0 Å². The lowest BCUT2D eigenvalue weighted by molar-refractivity contribution is -0.196. The minimum Gasteiger partial charge on any atom is -0.491 e. The maximum absolute atomic E-state index is 14.3. The summed E-state index contributed by atoms with van der Waals surface area (Å²) in [5, 5.41) is 0. The van der Waals surface area contributed by atoms with Crippen LogP contribution in [-0.2, 0) is 0 Å². The molecule has 4 rings (SSSR count). The molecule has 0 spiro atoms. The van der Waals surface area contributed by atoms with Crippen LogP contribution in [-0.4, -0.2) is 19.3 Å². The van der Waals surface area contributed by atoms with Crippen molar-refractivity contribution in [1.82, 2.24) is 0 Å². The van der Waals surface area contributed by atoms with E-state index in [-0.39, 0.29) is 18.1 Å². The molecule has 0 saturated heterocycles. The van der Waals surface area contributed by atoms with Crippen LogP contribution in [0.3, 0.4) is 0 Å². The zero-order chi connectivity index (χ0) is 28.5. The van der Waals surface area contributed by atoms with Gasteiger partial charge in [-0.1, -0.05) is 69.0 Å². The molecule has 0 aliphatic heterocycles. The Labute approximate surface area is 234 Å². The van der Waals surface area contributed by atoms with E-state index in [4.69, 9.17) is 9.47 Å². The number of alkyl halides is 2. The number of rotatable bonds is 13. The number of ether oxygens (including phenoxy) is 3. The van der Waals surface area contributed by atoms with Gasteiger partial charge in [0, 0.05) is 0 Å². The van der Waals surface area contributed by atoms with Crippen molar-refractivity contribution in [2.45, 2.75) is 77.2 Å². The van der Waals surface area contributed by atoms with E-state index in [9.17, 15) is 17.6 Å². The number of hydrogen-bond acceptors (Lipinski definition) is 3. The van der Waals surface area contributed by atoms with Crippen molar-refractivity contribution in [3.63, 3.8) is 0 Å². The van der Waals surface area contributed by atoms with Crippen LogP contribution < -0.4 is 14.2 Å². The standard InChI is InChI=1S/C33H38F4O3/c1-3-5-6-7-23-8-10-24(11-9-23)25-12-14-26(15-13-25)27-16-18-28(19-17-27)39-22-33(36,37)40-30-21-20-29(38-4-2)31(34)32(30)35/h12-21,23-24H,3-11,22H2,1-2H3. The van der Waals surface area contributed by atoms with Crippen LogP contribution in [0.15, 0.2) is 60.7 Å². The minimum absolute atomic E-state index is 0.102. The second-order valence-electron chi connectivity index (χ2n) is 10.5. The van der Waals surface area contributed by atoms with Gasteiger partial charge in [0.2, 0.25) is 11.6 Å². The van der Waals surface area contributed by atoms with E-state index in [1.54, 1.807) is 31.2 Å². The van der Waals surface area contributed by atoms with E-state index in [2.05, 4.69) is 35.9 Å². The highest BCUT2D eigenvalue weighted by Gasteiger charge is 2.35. The number of hydrogen-bond donors (Lipinski definition) is 0. The van der Waals surface area contributed by atoms with Gasteiger partial charge in [-0.15, -0.1) is 0 Å². The predicted molar refractivity (Wildman–Crippen MR) is 149 cm³/mol. The molecular weight excluding hydrogens is 520 g/mol. The fraction of sp³-hybridized carbons (Fsp3) is 0.455. The lowest BCUT2D eigenvalue weighted by Crippen LogP contribution is -2.33. The molecule has 0 radical (unpaired) electrons. The van der Waals surface area contributed by atoms with E-state index in [1.165, 1.54) is 56.9 Å². The lowest BCUT2D eigenvalue weighted by atomic mass is 9.77. The van der Waals surface area contributed by atoms with E-state index in [0.29, 0.717) is 5.92 Å². The Balaban J connectivity index is 1.28.